The topological polar surface area (TPSA) is 74.6 Å². The van der Waals surface area contributed by atoms with E-state index in [2.05, 4.69) is 0 Å². The summed E-state index contributed by atoms with van der Waals surface area (Å²) in [5.74, 6) is 0. The summed E-state index contributed by atoms with van der Waals surface area (Å²) < 4.78 is 39.5. The van der Waals surface area contributed by atoms with Crippen molar-refractivity contribution in [2.75, 3.05) is 0 Å². The Morgan fingerprint density at radius 3 is 2.00 bits per heavy atom. The van der Waals surface area contributed by atoms with Gasteiger partial charge >= 0.3 is 0 Å². The fraction of sp³-hybridized carbons (Fsp3) is 1.00. The van der Waals surface area contributed by atoms with E-state index in [9.17, 15) is 12.8 Å². The van der Waals surface area contributed by atoms with Gasteiger partial charge in [0.15, 0.2) is 10.9 Å². The molecule has 3 atom stereocenters. The Balaban J connectivity index is 2.43. The average molecular weight is 168 g/mol. The number of alkyl halides is 1. The average Bonchev–Trinajstić information content (AvgIpc) is 2.49. The fourth-order valence-electron chi connectivity index (χ4n) is 1.35. The van der Waals surface area contributed by atoms with Gasteiger partial charge in [0.1, 0.15) is 5.60 Å². The highest BCUT2D eigenvalue weighted by molar-refractivity contribution is 7.88. The molecule has 0 aromatic carbocycles. The summed E-state index contributed by atoms with van der Waals surface area (Å²) >= 11 is 0. The van der Waals surface area contributed by atoms with E-state index in [-0.39, 0.29) is 6.42 Å². The SMILES string of the molecule is O=S(=O)(O)C12CC1(O)[C@H]2F. The molecule has 0 aliphatic heterocycles. The summed E-state index contributed by atoms with van der Waals surface area (Å²) in [6.45, 7) is 0. The van der Waals surface area contributed by atoms with Crippen molar-refractivity contribution in [3.63, 3.8) is 0 Å². The zero-order valence-electron chi connectivity index (χ0n) is 4.78. The predicted molar refractivity (Wildman–Crippen MR) is 28.7 cm³/mol. The molecule has 0 heterocycles. The van der Waals surface area contributed by atoms with Crippen LogP contribution in [0.5, 0.6) is 0 Å². The molecule has 0 amide bonds. The maximum absolute atomic E-state index is 12.3. The Bertz CT molecular complexity index is 298. The molecule has 0 saturated heterocycles. The molecule has 0 aromatic rings. The van der Waals surface area contributed by atoms with E-state index in [1.54, 1.807) is 0 Å². The van der Waals surface area contributed by atoms with Crippen molar-refractivity contribution in [2.45, 2.75) is 22.9 Å². The number of fused-ring (bicyclic) bond motifs is 1. The Labute approximate surface area is 56.4 Å². The molecule has 58 valence electrons. The summed E-state index contributed by atoms with van der Waals surface area (Å²) in [7, 11) is -4.39. The van der Waals surface area contributed by atoms with Crippen LogP contribution in [0, 0.1) is 0 Å². The lowest BCUT2D eigenvalue weighted by Gasteiger charge is -1.97. The number of hydrogen-bond donors (Lipinski definition) is 2. The molecule has 2 aliphatic carbocycles. The summed E-state index contributed by atoms with van der Waals surface area (Å²) in [5.41, 5.74) is -1.75. The van der Waals surface area contributed by atoms with Crippen LogP contribution in [0.15, 0.2) is 0 Å². The van der Waals surface area contributed by atoms with Crippen LogP contribution in [0.3, 0.4) is 0 Å². The molecule has 0 radical (unpaired) electrons. The first-order valence-corrected chi connectivity index (χ1v) is 4.14. The van der Waals surface area contributed by atoms with Crippen LogP contribution in [0.1, 0.15) is 6.42 Å². The third-order valence-electron chi connectivity index (χ3n) is 2.35. The number of aliphatic hydroxyl groups is 1. The van der Waals surface area contributed by atoms with Crippen LogP contribution in [-0.2, 0) is 10.1 Å². The largest absolute Gasteiger partial charge is 0.385 e. The molecule has 2 saturated carbocycles. The second-order valence-corrected chi connectivity index (χ2v) is 4.51. The molecule has 2 rings (SSSR count). The van der Waals surface area contributed by atoms with Crippen LogP contribution >= 0.6 is 0 Å². The van der Waals surface area contributed by atoms with Gasteiger partial charge in [0.2, 0.25) is 0 Å². The summed E-state index contributed by atoms with van der Waals surface area (Å²) in [5, 5.41) is 8.85. The van der Waals surface area contributed by atoms with Crippen molar-refractivity contribution in [2.24, 2.45) is 0 Å². The normalized spacial score (nSPS) is 57.7. The van der Waals surface area contributed by atoms with Crippen LogP contribution in [0.25, 0.3) is 0 Å². The molecule has 4 nitrogen and oxygen atoms in total. The molecule has 2 aliphatic rings. The molecule has 2 fully saturated rings. The standard InChI is InChI=1S/C4H5FO4S/c5-2-3(6)1-4(2,3)10(7,8)9/h2,6H,1H2,(H,7,8,9)/t2-,3?,4?/m1/s1. The molecule has 0 bridgehead atoms. The maximum atomic E-state index is 12.3. The molecular formula is C4H5FO4S. The van der Waals surface area contributed by atoms with E-state index in [0.717, 1.165) is 0 Å². The fourth-order valence-corrected chi connectivity index (χ4v) is 2.70. The third-order valence-corrected chi connectivity index (χ3v) is 3.97. The van der Waals surface area contributed by atoms with Gasteiger partial charge in [-0.1, -0.05) is 0 Å². The summed E-state index contributed by atoms with van der Waals surface area (Å²) in [4.78, 5) is 0. The van der Waals surface area contributed by atoms with E-state index in [4.69, 9.17) is 9.66 Å². The van der Waals surface area contributed by atoms with Gasteiger partial charge < -0.3 is 5.11 Å². The van der Waals surface area contributed by atoms with Gasteiger partial charge in [-0.25, -0.2) is 4.39 Å². The molecule has 0 spiro atoms. The zero-order valence-corrected chi connectivity index (χ0v) is 5.60. The smallest absolute Gasteiger partial charge is 0.276 e. The second-order valence-electron chi connectivity index (χ2n) is 2.83. The maximum Gasteiger partial charge on any atom is 0.276 e. The highest BCUT2D eigenvalue weighted by Crippen LogP contribution is 2.76. The van der Waals surface area contributed by atoms with Crippen molar-refractivity contribution < 1.29 is 22.5 Å². The lowest BCUT2D eigenvalue weighted by Crippen LogP contribution is -2.18. The Hall–Kier alpha value is -0.200. The van der Waals surface area contributed by atoms with Crippen molar-refractivity contribution in [1.29, 1.82) is 0 Å². The number of halogens is 1. The Morgan fingerprint density at radius 2 is 2.00 bits per heavy atom. The molecule has 6 heteroatoms. The Morgan fingerprint density at radius 1 is 1.60 bits per heavy atom. The molecular weight excluding hydrogens is 163 g/mol. The minimum absolute atomic E-state index is 0.167. The molecule has 10 heavy (non-hydrogen) atoms. The molecule has 0 aromatic heterocycles. The van der Waals surface area contributed by atoms with Crippen LogP contribution in [-0.4, -0.2) is 34.6 Å². The molecule has 2 unspecified atom stereocenters. The monoisotopic (exact) mass is 168 g/mol. The van der Waals surface area contributed by atoms with E-state index in [1.165, 1.54) is 0 Å². The van der Waals surface area contributed by atoms with Crippen molar-refractivity contribution in [3.05, 3.63) is 0 Å². The van der Waals surface area contributed by atoms with Crippen LogP contribution in [0.4, 0.5) is 4.39 Å². The minimum atomic E-state index is -4.39. The third kappa shape index (κ3) is 0.357. The lowest BCUT2D eigenvalue weighted by molar-refractivity contribution is 0.154. The van der Waals surface area contributed by atoms with E-state index in [1.807, 2.05) is 0 Å². The Kier molecular flexibility index (Phi) is 0.733. The molecule has 2 N–H and O–H groups in total. The van der Waals surface area contributed by atoms with Crippen molar-refractivity contribution in [1.82, 2.24) is 0 Å². The van der Waals surface area contributed by atoms with Gasteiger partial charge in [-0.05, 0) is 0 Å². The van der Waals surface area contributed by atoms with Crippen LogP contribution in [0.2, 0.25) is 0 Å². The number of hydrogen-bond acceptors (Lipinski definition) is 3. The van der Waals surface area contributed by atoms with Gasteiger partial charge in [0.05, 0.1) is 0 Å². The van der Waals surface area contributed by atoms with Gasteiger partial charge in [-0.15, -0.1) is 0 Å². The minimum Gasteiger partial charge on any atom is -0.385 e. The van der Waals surface area contributed by atoms with Crippen molar-refractivity contribution >= 4 is 10.1 Å². The highest BCUT2D eigenvalue weighted by atomic mass is 32.2. The highest BCUT2D eigenvalue weighted by Gasteiger charge is 3.00. The predicted octanol–water partition coefficient (Wildman–Crippen LogP) is -0.900. The van der Waals surface area contributed by atoms with E-state index < -0.39 is 26.6 Å². The van der Waals surface area contributed by atoms with E-state index >= 15 is 0 Å². The van der Waals surface area contributed by atoms with Gasteiger partial charge in [0.25, 0.3) is 10.1 Å². The van der Waals surface area contributed by atoms with Gasteiger partial charge in [-0.2, -0.15) is 8.42 Å². The van der Waals surface area contributed by atoms with Gasteiger partial charge in [-0.3, -0.25) is 4.55 Å². The van der Waals surface area contributed by atoms with Crippen molar-refractivity contribution in [3.8, 4) is 0 Å². The van der Waals surface area contributed by atoms with Gasteiger partial charge in [0, 0.05) is 6.42 Å². The second kappa shape index (κ2) is 1.13. The zero-order chi connectivity index (χ0) is 7.78. The first kappa shape index (κ1) is 6.51. The van der Waals surface area contributed by atoms with E-state index in [0.29, 0.717) is 0 Å². The lowest BCUT2D eigenvalue weighted by atomic mass is 10.4. The quantitative estimate of drug-likeness (QED) is 0.497. The van der Waals surface area contributed by atoms with Crippen LogP contribution < -0.4 is 0 Å². The first-order valence-electron chi connectivity index (χ1n) is 2.70. The first-order chi connectivity index (χ1) is 4.36. The summed E-state index contributed by atoms with van der Waals surface area (Å²) in [6, 6.07) is 0. The summed E-state index contributed by atoms with van der Waals surface area (Å²) in [6.07, 6.45) is -1.95. The number of rotatable bonds is 1.